The van der Waals surface area contributed by atoms with Gasteiger partial charge in [0.05, 0.1) is 0 Å². The third kappa shape index (κ3) is 1.95. The minimum atomic E-state index is 0.539. The Morgan fingerprint density at radius 3 is 2.57 bits per heavy atom. The Morgan fingerprint density at radius 1 is 0.905 bits per heavy atom. The van der Waals surface area contributed by atoms with Crippen LogP contribution in [-0.4, -0.2) is 0 Å². The van der Waals surface area contributed by atoms with E-state index in [-0.39, 0.29) is 0 Å². The van der Waals surface area contributed by atoms with E-state index in [0.29, 0.717) is 11.3 Å². The van der Waals surface area contributed by atoms with Gasteiger partial charge in [-0.1, -0.05) is 26.2 Å². The van der Waals surface area contributed by atoms with E-state index in [1.807, 2.05) is 0 Å². The van der Waals surface area contributed by atoms with Crippen LogP contribution in [0.15, 0.2) is 0 Å². The molecule has 0 amide bonds. The summed E-state index contributed by atoms with van der Waals surface area (Å²) in [5, 5.41) is 0. The van der Waals surface area contributed by atoms with Crippen molar-refractivity contribution in [1.82, 2.24) is 0 Å². The fourth-order valence-electron chi connectivity index (χ4n) is 7.57. The first-order valence-corrected chi connectivity index (χ1v) is 9.76. The first kappa shape index (κ1) is 14.2. The molecule has 4 rings (SSSR count). The number of rotatable bonds is 1. The highest BCUT2D eigenvalue weighted by molar-refractivity contribution is 5.13. The van der Waals surface area contributed by atoms with Crippen LogP contribution in [0.25, 0.3) is 0 Å². The number of fused-ring (bicyclic) bond motifs is 5. The summed E-state index contributed by atoms with van der Waals surface area (Å²) in [6.45, 7) is 2.43. The van der Waals surface area contributed by atoms with Crippen LogP contribution in [0.5, 0.6) is 0 Å². The Balaban J connectivity index is 1.61. The first-order chi connectivity index (χ1) is 10.3. The number of hydrogen-bond acceptors (Lipinski definition) is 0. The zero-order valence-electron chi connectivity index (χ0n) is 13.8. The second-order valence-corrected chi connectivity index (χ2v) is 8.64. The molecule has 0 nitrogen and oxygen atoms in total. The van der Waals surface area contributed by atoms with Crippen molar-refractivity contribution < 1.29 is 0 Å². The molecule has 0 radical (unpaired) electrons. The van der Waals surface area contributed by atoms with Crippen LogP contribution in [-0.2, 0) is 0 Å². The molecule has 116 valence electrons. The molecule has 7 atom stereocenters. The quantitative estimate of drug-likeness (QED) is 0.544. The highest BCUT2D eigenvalue weighted by Gasteiger charge is 2.57. The van der Waals surface area contributed by atoms with Gasteiger partial charge in [-0.2, -0.15) is 0 Å². The van der Waals surface area contributed by atoms with Gasteiger partial charge in [0.1, 0.15) is 0 Å². The van der Waals surface area contributed by atoms with Crippen LogP contribution in [0.3, 0.4) is 0 Å². The molecule has 0 saturated heterocycles. The molecule has 2 unspecified atom stereocenters. The summed E-state index contributed by atoms with van der Waals surface area (Å²) in [5.41, 5.74) is 0.539. The Labute approximate surface area is 131 Å². The lowest BCUT2D eigenvalue weighted by Crippen LogP contribution is -2.48. The average molecular weight is 284 g/mol. The normalized spacial score (nSPS) is 52.4. The predicted molar refractivity (Wildman–Crippen MR) is 88.7 cm³/mol. The van der Waals surface area contributed by atoms with E-state index >= 15 is 0 Å². The molecular formula is C21H32. The van der Waals surface area contributed by atoms with E-state index in [9.17, 15) is 0 Å². The molecule has 0 aromatic heterocycles. The lowest BCUT2D eigenvalue weighted by molar-refractivity contribution is -0.0650. The summed E-state index contributed by atoms with van der Waals surface area (Å²) >= 11 is 0. The van der Waals surface area contributed by atoms with Crippen molar-refractivity contribution in [3.8, 4) is 12.3 Å². The van der Waals surface area contributed by atoms with Gasteiger partial charge in [-0.3, -0.25) is 0 Å². The van der Waals surface area contributed by atoms with Crippen molar-refractivity contribution in [1.29, 1.82) is 0 Å². The fraction of sp³-hybridized carbons (Fsp3) is 0.905. The van der Waals surface area contributed by atoms with E-state index < -0.39 is 0 Å². The Morgan fingerprint density at radius 2 is 1.76 bits per heavy atom. The lowest BCUT2D eigenvalue weighted by atomic mass is 9.49. The zero-order valence-corrected chi connectivity index (χ0v) is 13.8. The highest BCUT2D eigenvalue weighted by Crippen LogP contribution is 2.65. The second kappa shape index (κ2) is 5.33. The molecule has 4 saturated carbocycles. The van der Waals surface area contributed by atoms with Crippen molar-refractivity contribution in [3.63, 3.8) is 0 Å². The predicted octanol–water partition coefficient (Wildman–Crippen LogP) is 5.67. The van der Waals surface area contributed by atoms with E-state index in [4.69, 9.17) is 6.42 Å². The summed E-state index contributed by atoms with van der Waals surface area (Å²) in [4.78, 5) is 0. The second-order valence-electron chi connectivity index (χ2n) is 8.64. The van der Waals surface area contributed by atoms with Gasteiger partial charge in [0.15, 0.2) is 0 Å². The zero-order chi connectivity index (χ0) is 14.4. The summed E-state index contributed by atoms with van der Waals surface area (Å²) in [7, 11) is 0. The molecule has 4 aliphatic carbocycles. The first-order valence-electron chi connectivity index (χ1n) is 9.76. The molecule has 0 aromatic carbocycles. The summed E-state index contributed by atoms with van der Waals surface area (Å²) in [5.74, 6) is 9.08. The minimum Gasteiger partial charge on any atom is -0.120 e. The van der Waals surface area contributed by atoms with Crippen LogP contribution in [0, 0.1) is 53.3 Å². The molecule has 4 fully saturated rings. The van der Waals surface area contributed by atoms with Gasteiger partial charge >= 0.3 is 0 Å². The van der Waals surface area contributed by atoms with Gasteiger partial charge in [-0.25, -0.2) is 0 Å². The van der Waals surface area contributed by atoms with Crippen LogP contribution >= 0.6 is 0 Å². The van der Waals surface area contributed by atoms with Gasteiger partial charge in [0.2, 0.25) is 0 Å². The van der Waals surface area contributed by atoms with Crippen LogP contribution in [0.2, 0.25) is 0 Å². The maximum Gasteiger partial charge on any atom is 0.0259 e. The fourth-order valence-corrected chi connectivity index (χ4v) is 7.57. The minimum absolute atomic E-state index is 0.539. The van der Waals surface area contributed by atoms with Crippen molar-refractivity contribution in [2.75, 3.05) is 0 Å². The van der Waals surface area contributed by atoms with Gasteiger partial charge < -0.3 is 0 Å². The molecule has 0 bridgehead atoms. The topological polar surface area (TPSA) is 0 Å². The van der Waals surface area contributed by atoms with E-state index in [2.05, 4.69) is 12.8 Å². The van der Waals surface area contributed by atoms with E-state index in [1.54, 1.807) is 19.3 Å². The molecule has 21 heavy (non-hydrogen) atoms. The molecule has 4 aliphatic rings. The molecule has 0 heteroatoms. The Bertz CT molecular complexity index is 430. The molecule has 0 N–H and O–H groups in total. The third-order valence-corrected chi connectivity index (χ3v) is 8.46. The maximum absolute atomic E-state index is 5.93. The van der Waals surface area contributed by atoms with Crippen molar-refractivity contribution in [2.24, 2.45) is 40.9 Å². The number of hydrogen-bond donors (Lipinski definition) is 0. The van der Waals surface area contributed by atoms with Gasteiger partial charge in [-0.15, -0.1) is 12.3 Å². The van der Waals surface area contributed by atoms with E-state index in [0.717, 1.165) is 29.6 Å². The molecule has 0 heterocycles. The van der Waals surface area contributed by atoms with Crippen LogP contribution < -0.4 is 0 Å². The molecule has 0 spiro atoms. The molecule has 0 aliphatic heterocycles. The van der Waals surface area contributed by atoms with Gasteiger partial charge in [-0.05, 0) is 86.4 Å². The number of terminal acetylenes is 1. The molecular weight excluding hydrogens is 252 g/mol. The van der Waals surface area contributed by atoms with Crippen LogP contribution in [0.1, 0.15) is 77.6 Å². The summed E-state index contributed by atoms with van der Waals surface area (Å²) < 4.78 is 0. The van der Waals surface area contributed by atoms with Gasteiger partial charge in [0, 0.05) is 5.92 Å². The van der Waals surface area contributed by atoms with Gasteiger partial charge in [0.25, 0.3) is 0 Å². The Kier molecular flexibility index (Phi) is 3.60. The third-order valence-electron chi connectivity index (χ3n) is 8.46. The SMILES string of the molecule is C#CC1CC[C@H]2[C@@H]3CCC4CCCC[C@@H]4[C@H]3CC[C@]12CC. The summed E-state index contributed by atoms with van der Waals surface area (Å²) in [6.07, 6.45) is 22.2. The largest absolute Gasteiger partial charge is 0.120 e. The van der Waals surface area contributed by atoms with Crippen molar-refractivity contribution in [2.45, 2.75) is 77.6 Å². The molecule has 0 aromatic rings. The standard InChI is InChI=1S/C21H32/c1-3-16-10-12-20-19-11-9-15-7-5-6-8-17(15)18(19)13-14-21(16,20)4-2/h1,15-20H,4-14H2,2H3/t15?,16?,17-,18+,19+,20-,21+/m0/s1. The van der Waals surface area contributed by atoms with E-state index in [1.165, 1.54) is 51.4 Å². The van der Waals surface area contributed by atoms with Crippen molar-refractivity contribution in [3.05, 3.63) is 0 Å². The summed E-state index contributed by atoms with van der Waals surface area (Å²) in [6, 6.07) is 0. The Hall–Kier alpha value is -0.440. The van der Waals surface area contributed by atoms with Crippen molar-refractivity contribution >= 4 is 0 Å². The smallest absolute Gasteiger partial charge is 0.0259 e. The average Bonchev–Trinajstić information content (AvgIpc) is 2.93. The maximum atomic E-state index is 5.93. The highest BCUT2D eigenvalue weighted by atomic mass is 14.6. The van der Waals surface area contributed by atoms with Crippen LogP contribution in [0.4, 0.5) is 0 Å². The monoisotopic (exact) mass is 284 g/mol. The lowest BCUT2D eigenvalue weighted by Gasteiger charge is -2.56.